The second-order valence-corrected chi connectivity index (χ2v) is 6.41. The number of hydrogen-bond donors (Lipinski definition) is 1. The Kier molecular flexibility index (Phi) is 4.44. The minimum Gasteiger partial charge on any atom is -0.461 e. The van der Waals surface area contributed by atoms with Crippen molar-refractivity contribution >= 4 is 12.1 Å². The number of nitrogens with one attached hydrogen (secondary N) is 1. The fourth-order valence-electron chi connectivity index (χ4n) is 2.41. The first kappa shape index (κ1) is 16.3. The summed E-state index contributed by atoms with van der Waals surface area (Å²) >= 11 is 0. The first-order valence-electron chi connectivity index (χ1n) is 7.45. The van der Waals surface area contributed by atoms with Gasteiger partial charge in [-0.15, -0.1) is 0 Å². The van der Waals surface area contributed by atoms with Crippen LogP contribution < -0.4 is 0 Å². The van der Waals surface area contributed by atoms with Crippen LogP contribution in [0.2, 0.25) is 0 Å². The number of carbonyl (C=O) groups is 2. The molecule has 0 aromatic carbocycles. The molecule has 1 N–H and O–H groups in total. The molecule has 0 fully saturated rings. The number of carbonyl (C=O) groups excluding carboxylic acids is 2. The predicted molar refractivity (Wildman–Crippen MR) is 79.5 cm³/mol. The molecule has 1 aliphatic rings. The molecule has 1 aromatic heterocycles. The molecule has 1 unspecified atom stereocenters. The Morgan fingerprint density at radius 3 is 2.68 bits per heavy atom. The van der Waals surface area contributed by atoms with Crippen LogP contribution in [-0.4, -0.2) is 45.4 Å². The number of aromatic amines is 1. The smallest absolute Gasteiger partial charge is 0.410 e. The lowest BCUT2D eigenvalue weighted by molar-refractivity contribution is 0.0134. The molecule has 7 nitrogen and oxygen atoms in total. The molecule has 0 saturated heterocycles. The number of esters is 1. The van der Waals surface area contributed by atoms with E-state index in [1.54, 1.807) is 11.8 Å². The molecule has 2 rings (SSSR count). The lowest BCUT2D eigenvalue weighted by Gasteiger charge is -2.34. The molecule has 1 atom stereocenters. The molecule has 1 aliphatic heterocycles. The molecule has 1 aromatic rings. The topological polar surface area (TPSA) is 84.5 Å². The van der Waals surface area contributed by atoms with Crippen LogP contribution in [0.3, 0.4) is 0 Å². The number of amides is 1. The average Bonchev–Trinajstić information content (AvgIpc) is 2.78. The average molecular weight is 309 g/mol. The quantitative estimate of drug-likeness (QED) is 0.847. The minimum absolute atomic E-state index is 0.0298. The maximum Gasteiger partial charge on any atom is 0.410 e. The fraction of sp³-hybridized carbons (Fsp3) is 0.667. The third-order valence-electron chi connectivity index (χ3n) is 3.41. The van der Waals surface area contributed by atoms with Crippen molar-refractivity contribution in [1.82, 2.24) is 15.1 Å². The van der Waals surface area contributed by atoms with Crippen LogP contribution in [0.25, 0.3) is 0 Å². The molecular formula is C15H23N3O4. The number of hydrogen-bond acceptors (Lipinski definition) is 5. The van der Waals surface area contributed by atoms with E-state index in [4.69, 9.17) is 9.47 Å². The van der Waals surface area contributed by atoms with Crippen LogP contribution in [0.1, 0.15) is 56.4 Å². The first-order valence-corrected chi connectivity index (χ1v) is 7.45. The van der Waals surface area contributed by atoms with Gasteiger partial charge in [-0.2, -0.15) is 5.10 Å². The van der Waals surface area contributed by atoms with Gasteiger partial charge in [-0.25, -0.2) is 9.59 Å². The first-order chi connectivity index (χ1) is 10.2. The Labute approximate surface area is 130 Å². The Bertz CT molecular complexity index is 574. The zero-order chi connectivity index (χ0) is 16.5. The molecule has 0 saturated carbocycles. The normalized spacial score (nSPS) is 17.9. The highest BCUT2D eigenvalue weighted by Gasteiger charge is 2.34. The summed E-state index contributed by atoms with van der Waals surface area (Å²) in [6.07, 6.45) is 0.211. The van der Waals surface area contributed by atoms with Crippen LogP contribution in [0, 0.1) is 0 Å². The highest BCUT2D eigenvalue weighted by molar-refractivity contribution is 5.89. The number of H-pyrrole nitrogens is 1. The van der Waals surface area contributed by atoms with Crippen LogP contribution in [-0.2, 0) is 22.4 Å². The van der Waals surface area contributed by atoms with Gasteiger partial charge in [-0.1, -0.05) is 0 Å². The monoisotopic (exact) mass is 309 g/mol. The van der Waals surface area contributed by atoms with Gasteiger partial charge in [0.05, 0.1) is 13.2 Å². The van der Waals surface area contributed by atoms with E-state index in [0.29, 0.717) is 12.0 Å². The Morgan fingerprint density at radius 2 is 2.09 bits per heavy atom. The third kappa shape index (κ3) is 3.40. The van der Waals surface area contributed by atoms with Gasteiger partial charge >= 0.3 is 12.1 Å². The van der Waals surface area contributed by atoms with E-state index in [2.05, 4.69) is 10.2 Å². The number of nitrogens with zero attached hydrogens (tertiary/aromatic N) is 2. The largest absolute Gasteiger partial charge is 0.461 e. The van der Waals surface area contributed by atoms with Crippen molar-refractivity contribution in [2.75, 3.05) is 6.61 Å². The summed E-state index contributed by atoms with van der Waals surface area (Å²) < 4.78 is 10.4. The Hall–Kier alpha value is -2.05. The maximum absolute atomic E-state index is 12.3. The van der Waals surface area contributed by atoms with Crippen molar-refractivity contribution in [3.63, 3.8) is 0 Å². The Balaban J connectivity index is 2.22. The SMILES string of the molecule is CCOC(=O)c1n[nH]c2c1CN(C(=O)OC(C)(C)C)C(C)C2. The van der Waals surface area contributed by atoms with E-state index in [9.17, 15) is 9.59 Å². The fourth-order valence-corrected chi connectivity index (χ4v) is 2.41. The van der Waals surface area contributed by atoms with Gasteiger partial charge < -0.3 is 14.4 Å². The van der Waals surface area contributed by atoms with Crippen molar-refractivity contribution < 1.29 is 19.1 Å². The zero-order valence-electron chi connectivity index (χ0n) is 13.7. The summed E-state index contributed by atoms with van der Waals surface area (Å²) in [7, 11) is 0. The van der Waals surface area contributed by atoms with Gasteiger partial charge in [-0.3, -0.25) is 5.10 Å². The van der Waals surface area contributed by atoms with Crippen molar-refractivity contribution in [2.24, 2.45) is 0 Å². The van der Waals surface area contributed by atoms with Crippen molar-refractivity contribution in [3.8, 4) is 0 Å². The van der Waals surface area contributed by atoms with E-state index in [1.807, 2.05) is 27.7 Å². The molecule has 122 valence electrons. The summed E-state index contributed by atoms with van der Waals surface area (Å²) in [5.41, 5.74) is 1.27. The van der Waals surface area contributed by atoms with Crippen LogP contribution in [0.4, 0.5) is 4.79 Å². The van der Waals surface area contributed by atoms with Gasteiger partial charge in [0, 0.05) is 23.7 Å². The highest BCUT2D eigenvalue weighted by Crippen LogP contribution is 2.26. The lowest BCUT2D eigenvalue weighted by Crippen LogP contribution is -2.45. The van der Waals surface area contributed by atoms with Crippen LogP contribution in [0.5, 0.6) is 0 Å². The van der Waals surface area contributed by atoms with Crippen LogP contribution >= 0.6 is 0 Å². The van der Waals surface area contributed by atoms with Gasteiger partial charge in [0.25, 0.3) is 0 Å². The van der Waals surface area contributed by atoms with Crippen molar-refractivity contribution in [1.29, 1.82) is 0 Å². The van der Waals surface area contributed by atoms with Crippen molar-refractivity contribution in [3.05, 3.63) is 17.0 Å². The van der Waals surface area contributed by atoms with Crippen molar-refractivity contribution in [2.45, 2.75) is 59.2 Å². The van der Waals surface area contributed by atoms with Gasteiger partial charge in [-0.05, 0) is 34.6 Å². The second kappa shape index (κ2) is 5.98. The maximum atomic E-state index is 12.3. The summed E-state index contributed by atoms with van der Waals surface area (Å²) in [4.78, 5) is 25.9. The highest BCUT2D eigenvalue weighted by atomic mass is 16.6. The summed E-state index contributed by atoms with van der Waals surface area (Å²) in [5.74, 6) is -0.473. The lowest BCUT2D eigenvalue weighted by atomic mass is 10.00. The zero-order valence-corrected chi connectivity index (χ0v) is 13.7. The molecule has 22 heavy (non-hydrogen) atoms. The second-order valence-electron chi connectivity index (χ2n) is 6.41. The number of rotatable bonds is 2. The van der Waals surface area contributed by atoms with Gasteiger partial charge in [0.15, 0.2) is 5.69 Å². The van der Waals surface area contributed by atoms with Gasteiger partial charge in [0.2, 0.25) is 0 Å². The molecule has 1 amide bonds. The minimum atomic E-state index is -0.558. The molecule has 0 spiro atoms. The number of aromatic nitrogens is 2. The van der Waals surface area contributed by atoms with E-state index >= 15 is 0 Å². The van der Waals surface area contributed by atoms with E-state index in [-0.39, 0.29) is 31.0 Å². The third-order valence-corrected chi connectivity index (χ3v) is 3.41. The summed E-state index contributed by atoms with van der Waals surface area (Å²) in [6, 6.07) is -0.0298. The van der Waals surface area contributed by atoms with E-state index in [0.717, 1.165) is 5.69 Å². The van der Waals surface area contributed by atoms with Gasteiger partial charge in [0.1, 0.15) is 5.60 Å². The number of ether oxygens (including phenoxy) is 2. The number of fused-ring (bicyclic) bond motifs is 1. The molecule has 0 aliphatic carbocycles. The molecule has 0 bridgehead atoms. The standard InChI is InChI=1S/C15H23N3O4/c1-6-21-13(19)12-10-8-18(14(20)22-15(3,4)5)9(2)7-11(10)16-17-12/h9H,6-8H2,1-5H3,(H,16,17). The molecule has 7 heteroatoms. The molecular weight excluding hydrogens is 286 g/mol. The van der Waals surface area contributed by atoms with Crippen LogP contribution in [0.15, 0.2) is 0 Å². The van der Waals surface area contributed by atoms with E-state index < -0.39 is 11.6 Å². The predicted octanol–water partition coefficient (Wildman–Crippen LogP) is 2.27. The summed E-state index contributed by atoms with van der Waals surface area (Å²) in [5, 5.41) is 6.91. The molecule has 0 radical (unpaired) electrons. The Morgan fingerprint density at radius 1 is 1.41 bits per heavy atom. The molecule has 2 heterocycles. The van der Waals surface area contributed by atoms with E-state index in [1.165, 1.54) is 0 Å². The summed E-state index contributed by atoms with van der Waals surface area (Å²) in [6.45, 7) is 9.74.